The second-order valence-electron chi connectivity index (χ2n) is 6.58. The number of hydrogen-bond donors (Lipinski definition) is 2. The summed E-state index contributed by atoms with van der Waals surface area (Å²) in [5.74, 6) is 1.43. The molecule has 1 aromatic carbocycles. The van der Waals surface area contributed by atoms with E-state index >= 15 is 0 Å². The maximum Gasteiger partial charge on any atom is 0.226 e. The predicted molar refractivity (Wildman–Crippen MR) is 104 cm³/mol. The molecule has 3 heterocycles. The number of halogens is 1. The fourth-order valence-corrected chi connectivity index (χ4v) is 3.54. The summed E-state index contributed by atoms with van der Waals surface area (Å²) >= 11 is 6.03. The molecule has 0 bridgehead atoms. The average Bonchev–Trinajstić information content (AvgIpc) is 3.02. The number of nitrogens with zero attached hydrogens (tertiary/aromatic N) is 2. The van der Waals surface area contributed by atoms with Gasteiger partial charge in [0.25, 0.3) is 0 Å². The maximum atomic E-state index is 12.6. The van der Waals surface area contributed by atoms with Gasteiger partial charge >= 0.3 is 0 Å². The lowest BCUT2D eigenvalue weighted by molar-refractivity contribution is -0.116. The van der Waals surface area contributed by atoms with Gasteiger partial charge in [0, 0.05) is 35.0 Å². The van der Waals surface area contributed by atoms with E-state index in [0.29, 0.717) is 23.9 Å². The number of hydrogen-bond acceptors (Lipinski definition) is 4. The first kappa shape index (κ1) is 17.5. The van der Waals surface area contributed by atoms with Crippen molar-refractivity contribution >= 4 is 23.3 Å². The summed E-state index contributed by atoms with van der Waals surface area (Å²) in [6, 6.07) is 9.36. The molecule has 0 aliphatic carbocycles. The molecule has 2 aromatic heterocycles. The van der Waals surface area contributed by atoms with E-state index in [1.165, 1.54) is 0 Å². The molecule has 0 spiro atoms. The molecule has 6 nitrogen and oxygen atoms in total. The average molecular weight is 383 g/mol. The van der Waals surface area contributed by atoms with Gasteiger partial charge in [-0.1, -0.05) is 17.7 Å². The van der Waals surface area contributed by atoms with Crippen molar-refractivity contribution in [3.63, 3.8) is 0 Å². The van der Waals surface area contributed by atoms with Crippen molar-refractivity contribution < 1.29 is 9.53 Å². The molecule has 27 heavy (non-hydrogen) atoms. The fourth-order valence-electron chi connectivity index (χ4n) is 3.37. The van der Waals surface area contributed by atoms with E-state index in [0.717, 1.165) is 34.6 Å². The highest BCUT2D eigenvalue weighted by atomic mass is 35.5. The molecule has 2 N–H and O–H groups in total. The lowest BCUT2D eigenvalue weighted by atomic mass is 9.90. The van der Waals surface area contributed by atoms with Crippen LogP contribution in [0.1, 0.15) is 29.9 Å². The first-order chi connectivity index (χ1) is 13.1. The summed E-state index contributed by atoms with van der Waals surface area (Å²) in [6.45, 7) is 2.52. The van der Waals surface area contributed by atoms with Crippen molar-refractivity contribution in [3.05, 3.63) is 58.9 Å². The number of anilines is 1. The number of aromatic nitrogens is 3. The third kappa shape index (κ3) is 3.66. The molecule has 1 amide bonds. The Bertz CT molecular complexity index is 971. The van der Waals surface area contributed by atoms with Gasteiger partial charge in [-0.25, -0.2) is 0 Å². The summed E-state index contributed by atoms with van der Waals surface area (Å²) in [7, 11) is 0. The highest BCUT2D eigenvalue weighted by molar-refractivity contribution is 6.30. The van der Waals surface area contributed by atoms with Crippen molar-refractivity contribution in [3.8, 4) is 17.0 Å². The third-order valence-corrected chi connectivity index (χ3v) is 5.03. The summed E-state index contributed by atoms with van der Waals surface area (Å²) < 4.78 is 5.67. The van der Waals surface area contributed by atoms with Gasteiger partial charge < -0.3 is 10.1 Å². The lowest BCUT2D eigenvalue weighted by Gasteiger charge is -2.25. The highest BCUT2D eigenvalue weighted by Gasteiger charge is 2.24. The number of fused-ring (bicyclic) bond motifs is 1. The van der Waals surface area contributed by atoms with Gasteiger partial charge in [-0.15, -0.1) is 0 Å². The normalized spacial score (nSPS) is 15.7. The number of H-pyrrole nitrogens is 1. The number of pyridine rings is 1. The number of ether oxygens (including phenoxy) is 1. The van der Waals surface area contributed by atoms with Crippen LogP contribution in [0.4, 0.5) is 5.82 Å². The van der Waals surface area contributed by atoms with Gasteiger partial charge in [0.05, 0.1) is 12.3 Å². The van der Waals surface area contributed by atoms with Crippen molar-refractivity contribution in [2.24, 2.45) is 0 Å². The number of nitrogens with one attached hydrogen (secondary N) is 2. The number of benzene rings is 1. The molecule has 0 saturated heterocycles. The molecule has 1 aliphatic heterocycles. The van der Waals surface area contributed by atoms with Gasteiger partial charge in [0.1, 0.15) is 11.6 Å². The Morgan fingerprint density at radius 3 is 2.96 bits per heavy atom. The van der Waals surface area contributed by atoms with E-state index in [1.54, 1.807) is 18.5 Å². The molecule has 0 saturated carbocycles. The molecule has 1 aliphatic rings. The Balaban J connectivity index is 1.48. The zero-order chi connectivity index (χ0) is 18.8. The van der Waals surface area contributed by atoms with Crippen LogP contribution in [0.25, 0.3) is 11.3 Å². The summed E-state index contributed by atoms with van der Waals surface area (Å²) in [5.41, 5.74) is 3.68. The van der Waals surface area contributed by atoms with Crippen LogP contribution < -0.4 is 10.1 Å². The molecule has 1 atom stereocenters. The van der Waals surface area contributed by atoms with Crippen molar-refractivity contribution in [1.82, 2.24) is 15.2 Å². The second kappa shape index (κ2) is 7.40. The lowest BCUT2D eigenvalue weighted by Crippen LogP contribution is -2.21. The van der Waals surface area contributed by atoms with E-state index in [2.05, 4.69) is 20.5 Å². The number of amides is 1. The summed E-state index contributed by atoms with van der Waals surface area (Å²) in [5, 5.41) is 10.8. The van der Waals surface area contributed by atoms with Gasteiger partial charge in [-0.2, -0.15) is 5.10 Å². The van der Waals surface area contributed by atoms with Crippen LogP contribution in [0.2, 0.25) is 5.02 Å². The van der Waals surface area contributed by atoms with E-state index in [-0.39, 0.29) is 11.8 Å². The first-order valence-electron chi connectivity index (χ1n) is 8.79. The van der Waals surface area contributed by atoms with Crippen LogP contribution in [-0.4, -0.2) is 27.7 Å². The monoisotopic (exact) mass is 382 g/mol. The highest BCUT2D eigenvalue weighted by Crippen LogP contribution is 2.37. The molecule has 3 aromatic rings. The molecule has 0 fully saturated rings. The topological polar surface area (TPSA) is 79.9 Å². The van der Waals surface area contributed by atoms with Crippen LogP contribution >= 0.6 is 11.6 Å². The molecule has 0 radical (unpaired) electrons. The van der Waals surface area contributed by atoms with E-state index < -0.39 is 0 Å². The van der Waals surface area contributed by atoms with E-state index in [4.69, 9.17) is 16.3 Å². The molecule has 138 valence electrons. The van der Waals surface area contributed by atoms with Crippen LogP contribution in [0.15, 0.2) is 42.7 Å². The maximum absolute atomic E-state index is 12.6. The smallest absolute Gasteiger partial charge is 0.226 e. The number of aromatic amines is 1. The minimum absolute atomic E-state index is 0.0594. The SMILES string of the molecule is Cc1c(-c2ccncc2)n[nH]c1NC(=O)C[C@@H]1CCOc2cc(Cl)ccc21. The third-order valence-electron chi connectivity index (χ3n) is 4.80. The standard InChI is InChI=1S/C20H19ClN4O2/c1-12-19(13-4-7-22-8-5-13)24-25-20(12)23-18(26)10-14-6-9-27-17-11-15(21)2-3-16(14)17/h2-5,7-8,11,14H,6,9-10H2,1H3,(H2,23,24,25,26)/t14-/m0/s1. The Morgan fingerprint density at radius 2 is 2.15 bits per heavy atom. The predicted octanol–water partition coefficient (Wildman–Crippen LogP) is 4.33. The molecule has 0 unspecified atom stereocenters. The summed E-state index contributed by atoms with van der Waals surface area (Å²) in [4.78, 5) is 16.6. The zero-order valence-electron chi connectivity index (χ0n) is 14.8. The Hall–Kier alpha value is -2.86. The molecular weight excluding hydrogens is 364 g/mol. The summed E-state index contributed by atoms with van der Waals surface area (Å²) in [6.07, 6.45) is 4.61. The van der Waals surface area contributed by atoms with Gasteiger partial charge in [-0.05, 0) is 49.1 Å². The molecule has 7 heteroatoms. The minimum atomic E-state index is -0.0594. The Labute approximate surface area is 161 Å². The van der Waals surface area contributed by atoms with Gasteiger partial charge in [-0.3, -0.25) is 14.9 Å². The second-order valence-corrected chi connectivity index (χ2v) is 7.01. The Morgan fingerprint density at radius 1 is 1.33 bits per heavy atom. The van der Waals surface area contributed by atoms with Crippen molar-refractivity contribution in [2.75, 3.05) is 11.9 Å². The van der Waals surface area contributed by atoms with E-state index in [9.17, 15) is 4.79 Å². The van der Waals surface area contributed by atoms with Gasteiger partial charge in [0.15, 0.2) is 0 Å². The largest absolute Gasteiger partial charge is 0.493 e. The van der Waals surface area contributed by atoms with Crippen LogP contribution in [0.5, 0.6) is 5.75 Å². The number of carbonyl (C=O) groups excluding carboxylic acids is 1. The van der Waals surface area contributed by atoms with Crippen molar-refractivity contribution in [2.45, 2.75) is 25.7 Å². The van der Waals surface area contributed by atoms with E-state index in [1.807, 2.05) is 31.2 Å². The number of rotatable bonds is 4. The number of carbonyl (C=O) groups is 1. The first-order valence-corrected chi connectivity index (χ1v) is 9.17. The molecule has 4 rings (SSSR count). The Kier molecular flexibility index (Phi) is 4.81. The van der Waals surface area contributed by atoms with Crippen LogP contribution in [-0.2, 0) is 4.79 Å². The van der Waals surface area contributed by atoms with Crippen molar-refractivity contribution in [1.29, 1.82) is 0 Å². The fraction of sp³-hybridized carbons (Fsp3) is 0.250. The minimum Gasteiger partial charge on any atom is -0.493 e. The zero-order valence-corrected chi connectivity index (χ0v) is 15.6. The quantitative estimate of drug-likeness (QED) is 0.703. The van der Waals surface area contributed by atoms with Crippen LogP contribution in [0, 0.1) is 6.92 Å². The van der Waals surface area contributed by atoms with Crippen LogP contribution in [0.3, 0.4) is 0 Å². The molecular formula is C20H19ClN4O2. The van der Waals surface area contributed by atoms with Gasteiger partial charge in [0.2, 0.25) is 5.91 Å².